The first kappa shape index (κ1) is 11.2. The third kappa shape index (κ3) is 2.53. The van der Waals surface area contributed by atoms with E-state index in [1.165, 1.54) is 0 Å². The topological polar surface area (TPSA) is 45.5 Å². The monoisotopic (exact) mass is 206 g/mol. The van der Waals surface area contributed by atoms with E-state index >= 15 is 0 Å². The number of benzene rings is 1. The van der Waals surface area contributed by atoms with Crippen LogP contribution in [0.3, 0.4) is 0 Å². The zero-order chi connectivity index (χ0) is 11.3. The molecular weight excluding hydrogens is 192 g/mol. The van der Waals surface area contributed by atoms with Gasteiger partial charge in [0.05, 0.1) is 20.3 Å². The van der Waals surface area contributed by atoms with Crippen LogP contribution in [0.2, 0.25) is 0 Å². The van der Waals surface area contributed by atoms with E-state index in [4.69, 9.17) is 14.7 Å². The van der Waals surface area contributed by atoms with Gasteiger partial charge in [0.2, 0.25) is 0 Å². The van der Waals surface area contributed by atoms with Crippen molar-refractivity contribution in [3.8, 4) is 17.6 Å². The van der Waals surface area contributed by atoms with Gasteiger partial charge in [-0.3, -0.25) is 0 Å². The van der Waals surface area contributed by atoms with Crippen LogP contribution in [0.5, 0.6) is 11.5 Å². The molecule has 1 aromatic rings. The number of nitrogens with zero attached hydrogens (tertiary/aromatic N) is 2. The first-order valence-electron chi connectivity index (χ1n) is 4.53. The molecule has 80 valence electrons. The number of ether oxygens (including phenoxy) is 2. The molecular formula is C11H14N2O2. The molecule has 0 bridgehead atoms. The van der Waals surface area contributed by atoms with Crippen molar-refractivity contribution in [3.05, 3.63) is 18.2 Å². The Balaban J connectivity index is 2.98. The van der Waals surface area contributed by atoms with Gasteiger partial charge >= 0.3 is 0 Å². The van der Waals surface area contributed by atoms with Crippen LogP contribution in [0.1, 0.15) is 0 Å². The zero-order valence-electron chi connectivity index (χ0n) is 9.15. The average Bonchev–Trinajstić information content (AvgIpc) is 2.28. The Morgan fingerprint density at radius 3 is 2.47 bits per heavy atom. The highest BCUT2D eigenvalue weighted by Gasteiger charge is 2.06. The predicted octanol–water partition coefficient (Wildman–Crippen LogP) is 1.66. The molecule has 0 saturated heterocycles. The van der Waals surface area contributed by atoms with Gasteiger partial charge < -0.3 is 14.4 Å². The highest BCUT2D eigenvalue weighted by atomic mass is 16.5. The summed E-state index contributed by atoms with van der Waals surface area (Å²) in [5.41, 5.74) is 0.925. The smallest absolute Gasteiger partial charge is 0.162 e. The molecule has 0 radical (unpaired) electrons. The van der Waals surface area contributed by atoms with Crippen LogP contribution in [-0.2, 0) is 0 Å². The summed E-state index contributed by atoms with van der Waals surface area (Å²) in [7, 11) is 5.03. The Labute approximate surface area is 89.6 Å². The van der Waals surface area contributed by atoms with Crippen molar-refractivity contribution < 1.29 is 9.47 Å². The molecule has 0 unspecified atom stereocenters. The Bertz CT molecular complexity index is 371. The van der Waals surface area contributed by atoms with Gasteiger partial charge in [0.1, 0.15) is 6.54 Å². The van der Waals surface area contributed by atoms with E-state index in [1.807, 2.05) is 30.1 Å². The normalized spacial score (nSPS) is 9.20. The lowest BCUT2D eigenvalue weighted by molar-refractivity contribution is 0.355. The Morgan fingerprint density at radius 2 is 1.93 bits per heavy atom. The van der Waals surface area contributed by atoms with E-state index in [0.717, 1.165) is 5.69 Å². The van der Waals surface area contributed by atoms with Crippen LogP contribution < -0.4 is 14.4 Å². The lowest BCUT2D eigenvalue weighted by Gasteiger charge is -2.17. The number of methoxy groups -OCH3 is 2. The fourth-order valence-corrected chi connectivity index (χ4v) is 1.26. The van der Waals surface area contributed by atoms with Crippen molar-refractivity contribution in [2.75, 3.05) is 32.7 Å². The molecule has 0 saturated carbocycles. The molecule has 0 N–H and O–H groups in total. The highest BCUT2D eigenvalue weighted by molar-refractivity contribution is 5.56. The van der Waals surface area contributed by atoms with Gasteiger partial charge in [-0.25, -0.2) is 0 Å². The summed E-state index contributed by atoms with van der Waals surface area (Å²) in [6, 6.07) is 7.64. The van der Waals surface area contributed by atoms with E-state index in [9.17, 15) is 0 Å². The van der Waals surface area contributed by atoms with Gasteiger partial charge in [-0.2, -0.15) is 5.26 Å². The first-order chi connectivity index (χ1) is 7.22. The van der Waals surface area contributed by atoms with Gasteiger partial charge in [0, 0.05) is 18.8 Å². The molecule has 0 amide bonds. The van der Waals surface area contributed by atoms with Gasteiger partial charge in [0.15, 0.2) is 11.5 Å². The summed E-state index contributed by atoms with van der Waals surface area (Å²) in [6.07, 6.45) is 0. The van der Waals surface area contributed by atoms with Gasteiger partial charge in [-0.05, 0) is 12.1 Å². The minimum atomic E-state index is 0.343. The van der Waals surface area contributed by atoms with Crippen LogP contribution in [0.4, 0.5) is 5.69 Å². The third-order valence-electron chi connectivity index (χ3n) is 2.12. The van der Waals surface area contributed by atoms with E-state index < -0.39 is 0 Å². The number of anilines is 1. The van der Waals surface area contributed by atoms with Crippen molar-refractivity contribution in [1.82, 2.24) is 0 Å². The predicted molar refractivity (Wildman–Crippen MR) is 58.4 cm³/mol. The number of nitriles is 1. The van der Waals surface area contributed by atoms with E-state index in [2.05, 4.69) is 6.07 Å². The number of hydrogen-bond acceptors (Lipinski definition) is 4. The second kappa shape index (κ2) is 5.11. The van der Waals surface area contributed by atoms with Crippen molar-refractivity contribution in [2.24, 2.45) is 0 Å². The lowest BCUT2D eigenvalue weighted by atomic mass is 10.2. The Hall–Kier alpha value is -1.89. The molecule has 0 aliphatic rings. The summed E-state index contributed by atoms with van der Waals surface area (Å²) in [5, 5.41) is 8.58. The lowest BCUT2D eigenvalue weighted by Crippen LogP contribution is -2.16. The molecule has 1 rings (SSSR count). The van der Waals surface area contributed by atoms with Crippen LogP contribution in [0, 0.1) is 11.3 Å². The summed E-state index contributed by atoms with van der Waals surface area (Å²) in [4.78, 5) is 1.84. The third-order valence-corrected chi connectivity index (χ3v) is 2.12. The van der Waals surface area contributed by atoms with E-state index in [0.29, 0.717) is 18.0 Å². The standard InChI is InChI=1S/C11H14N2O2/c1-13(7-6-12)9-4-5-10(14-2)11(8-9)15-3/h4-5,8H,7H2,1-3H3. The molecule has 0 aromatic heterocycles. The van der Waals surface area contributed by atoms with Crippen molar-refractivity contribution in [2.45, 2.75) is 0 Å². The Kier molecular flexibility index (Phi) is 3.81. The molecule has 0 heterocycles. The van der Waals surface area contributed by atoms with Crippen molar-refractivity contribution in [1.29, 1.82) is 5.26 Å². The molecule has 4 heteroatoms. The summed E-state index contributed by atoms with van der Waals surface area (Å²) in [6.45, 7) is 0.343. The maximum atomic E-state index is 8.58. The van der Waals surface area contributed by atoms with E-state index in [1.54, 1.807) is 14.2 Å². The van der Waals surface area contributed by atoms with Crippen LogP contribution in [0.15, 0.2) is 18.2 Å². The van der Waals surface area contributed by atoms with Crippen LogP contribution >= 0.6 is 0 Å². The molecule has 15 heavy (non-hydrogen) atoms. The zero-order valence-corrected chi connectivity index (χ0v) is 9.15. The van der Waals surface area contributed by atoms with Gasteiger partial charge in [-0.15, -0.1) is 0 Å². The maximum absolute atomic E-state index is 8.58. The molecule has 1 aromatic carbocycles. The molecule has 0 aliphatic heterocycles. The maximum Gasteiger partial charge on any atom is 0.162 e. The fraction of sp³-hybridized carbons (Fsp3) is 0.364. The minimum absolute atomic E-state index is 0.343. The van der Waals surface area contributed by atoms with Crippen LogP contribution in [0.25, 0.3) is 0 Å². The van der Waals surface area contributed by atoms with Crippen molar-refractivity contribution in [3.63, 3.8) is 0 Å². The minimum Gasteiger partial charge on any atom is -0.493 e. The highest BCUT2D eigenvalue weighted by Crippen LogP contribution is 2.30. The van der Waals surface area contributed by atoms with E-state index in [-0.39, 0.29) is 0 Å². The summed E-state index contributed by atoms with van der Waals surface area (Å²) >= 11 is 0. The number of hydrogen-bond donors (Lipinski definition) is 0. The van der Waals surface area contributed by atoms with Gasteiger partial charge in [0.25, 0.3) is 0 Å². The molecule has 0 fully saturated rings. The molecule has 0 atom stereocenters. The fourth-order valence-electron chi connectivity index (χ4n) is 1.26. The second-order valence-electron chi connectivity index (χ2n) is 3.05. The molecule has 4 nitrogen and oxygen atoms in total. The summed E-state index contributed by atoms with van der Waals surface area (Å²) < 4.78 is 10.3. The average molecular weight is 206 g/mol. The van der Waals surface area contributed by atoms with Crippen LogP contribution in [-0.4, -0.2) is 27.8 Å². The largest absolute Gasteiger partial charge is 0.493 e. The second-order valence-corrected chi connectivity index (χ2v) is 3.05. The SMILES string of the molecule is COc1ccc(N(C)CC#N)cc1OC. The molecule has 0 aliphatic carbocycles. The molecule has 0 spiro atoms. The summed E-state index contributed by atoms with van der Waals surface area (Å²) in [5.74, 6) is 1.35. The number of rotatable bonds is 4. The van der Waals surface area contributed by atoms with Crippen molar-refractivity contribution >= 4 is 5.69 Å². The Morgan fingerprint density at radius 1 is 1.27 bits per heavy atom. The quantitative estimate of drug-likeness (QED) is 0.703. The van der Waals surface area contributed by atoms with Gasteiger partial charge in [-0.1, -0.05) is 0 Å². The first-order valence-corrected chi connectivity index (χ1v) is 4.53.